The number of ketones is 2. The van der Waals surface area contributed by atoms with Crippen LogP contribution in [0.5, 0.6) is 0 Å². The van der Waals surface area contributed by atoms with E-state index in [9.17, 15) is 35.5 Å². The van der Waals surface area contributed by atoms with Crippen LogP contribution in [0.4, 0.5) is 0 Å². The normalized spacial score (nSPS) is 30.9. The third-order valence-electron chi connectivity index (χ3n) is 11.7. The molecule has 12 heteroatoms. The molecule has 0 aliphatic heterocycles. The standard InChI is InChI=1S/C34H38O8S2.2Na/c1-31(2)27-13-15-33(31,19-43(37,38)39)29(35)25(27)17-21-5-9-23(10-6-21)24-11-7-22(8-12-24)18-26-28-14-16-34(30(26)36,32(28,3)4)20-44(40,41)42;;/h5-12,17-18,27-28H,13-16,19-20H2,1-4H3,(H,37,38,39)(H,40,41,42);;/q;2*+1/p-2/b25-17+,26-18+;;/t27?,28?,33-,34-;;/m1../s1. The average Bonchev–Trinajstić information content (AvgIpc) is 3.42. The molecule has 0 heterocycles. The van der Waals surface area contributed by atoms with Crippen molar-refractivity contribution in [2.24, 2.45) is 33.5 Å². The predicted molar refractivity (Wildman–Crippen MR) is 165 cm³/mol. The molecule has 0 aromatic heterocycles. The van der Waals surface area contributed by atoms with Crippen LogP contribution in [-0.2, 0) is 29.8 Å². The van der Waals surface area contributed by atoms with E-state index in [1.165, 1.54) is 0 Å². The van der Waals surface area contributed by atoms with Crippen molar-refractivity contribution in [1.82, 2.24) is 0 Å². The number of rotatable bonds is 7. The average molecular weight is 683 g/mol. The Hall–Kier alpha value is -0.920. The Balaban J connectivity index is 0.00000240. The number of allylic oxidation sites excluding steroid dienone is 2. The molecule has 2 aromatic carbocycles. The Bertz CT molecular complexity index is 1720. The van der Waals surface area contributed by atoms with E-state index >= 15 is 0 Å². The second-order valence-corrected chi connectivity index (χ2v) is 17.1. The van der Waals surface area contributed by atoms with Crippen molar-refractivity contribution in [1.29, 1.82) is 0 Å². The first-order valence-corrected chi connectivity index (χ1v) is 18.1. The van der Waals surface area contributed by atoms with Gasteiger partial charge in [-0.1, -0.05) is 76.2 Å². The van der Waals surface area contributed by atoms with Gasteiger partial charge in [0.2, 0.25) is 0 Å². The van der Waals surface area contributed by atoms with Gasteiger partial charge in [-0.15, -0.1) is 0 Å². The van der Waals surface area contributed by atoms with Crippen LogP contribution in [0.3, 0.4) is 0 Å². The number of benzene rings is 2. The maximum absolute atomic E-state index is 13.5. The SMILES string of the molecule is CC1(C)C2CC[C@@]1(CS(=O)(=O)[O-])C(=O)/C2=C/c1ccc(-c2ccc(/C=C3/C(=O)[C@]4(CS(=O)(=O)[O-])CCC3C4(C)C)cc2)cc1.[Na+].[Na+]. The van der Waals surface area contributed by atoms with Crippen LogP contribution in [0.25, 0.3) is 23.3 Å². The van der Waals surface area contributed by atoms with Crippen molar-refractivity contribution in [2.75, 3.05) is 11.5 Å². The van der Waals surface area contributed by atoms with E-state index in [0.29, 0.717) is 36.8 Å². The summed E-state index contributed by atoms with van der Waals surface area (Å²) in [7, 11) is -9.14. The van der Waals surface area contributed by atoms with Crippen molar-refractivity contribution < 1.29 is 94.6 Å². The summed E-state index contributed by atoms with van der Waals surface area (Å²) in [5.41, 5.74) is 1.11. The Morgan fingerprint density at radius 3 is 1.22 bits per heavy atom. The molecule has 234 valence electrons. The van der Waals surface area contributed by atoms with Crippen molar-refractivity contribution in [3.8, 4) is 11.1 Å². The first-order valence-electron chi connectivity index (χ1n) is 14.9. The molecule has 0 amide bonds. The number of hydrogen-bond donors (Lipinski definition) is 0. The van der Waals surface area contributed by atoms with Crippen LogP contribution in [0, 0.1) is 33.5 Å². The summed E-state index contributed by atoms with van der Waals surface area (Å²) < 4.78 is 70.2. The largest absolute Gasteiger partial charge is 1.00 e. The summed E-state index contributed by atoms with van der Waals surface area (Å²) in [6.07, 6.45) is 5.80. The number of carbonyl (C=O) groups is 2. The van der Waals surface area contributed by atoms with Gasteiger partial charge in [0.1, 0.15) is 0 Å². The summed E-state index contributed by atoms with van der Waals surface area (Å²) in [6, 6.07) is 15.4. The first-order chi connectivity index (χ1) is 20.3. The van der Waals surface area contributed by atoms with Gasteiger partial charge < -0.3 is 9.11 Å². The van der Waals surface area contributed by atoms with Crippen LogP contribution in [0.15, 0.2) is 59.7 Å². The number of carbonyl (C=O) groups excluding carboxylic acids is 2. The summed E-state index contributed by atoms with van der Waals surface area (Å²) in [5.74, 6) is -2.01. The minimum Gasteiger partial charge on any atom is -0.748 e. The zero-order valence-electron chi connectivity index (χ0n) is 27.3. The molecular weight excluding hydrogens is 646 g/mol. The molecule has 0 spiro atoms. The summed E-state index contributed by atoms with van der Waals surface area (Å²) >= 11 is 0. The van der Waals surface area contributed by atoms with E-state index in [2.05, 4.69) is 0 Å². The summed E-state index contributed by atoms with van der Waals surface area (Å²) in [4.78, 5) is 26.9. The maximum atomic E-state index is 13.5. The maximum Gasteiger partial charge on any atom is 1.00 e. The number of Topliss-reactive ketones (excluding diaryl/α,β-unsaturated/α-hetero) is 2. The van der Waals surface area contributed by atoms with Gasteiger partial charge in [-0.2, -0.15) is 0 Å². The fourth-order valence-electron chi connectivity index (χ4n) is 9.07. The molecule has 0 radical (unpaired) electrons. The molecule has 4 saturated carbocycles. The zero-order chi connectivity index (χ0) is 32.1. The van der Waals surface area contributed by atoms with E-state index < -0.39 is 53.4 Å². The molecule has 4 aliphatic carbocycles. The minimum absolute atomic E-state index is 0. The number of fused-ring (bicyclic) bond motifs is 4. The van der Waals surface area contributed by atoms with Gasteiger partial charge in [0.25, 0.3) is 0 Å². The van der Waals surface area contributed by atoms with Crippen molar-refractivity contribution in [3.63, 3.8) is 0 Å². The molecular formula is C34H36Na2O8S2. The third-order valence-corrected chi connectivity index (χ3v) is 13.4. The quantitative estimate of drug-likeness (QED) is 0.210. The Morgan fingerprint density at radius 1 is 0.630 bits per heavy atom. The van der Waals surface area contributed by atoms with E-state index in [1.807, 2.05) is 88.4 Å². The predicted octanol–water partition coefficient (Wildman–Crippen LogP) is -0.771. The van der Waals surface area contributed by atoms with E-state index in [-0.39, 0.29) is 82.5 Å². The Labute approximate surface area is 316 Å². The molecule has 0 N–H and O–H groups in total. The molecule has 2 aromatic rings. The van der Waals surface area contributed by atoms with Crippen LogP contribution >= 0.6 is 0 Å². The van der Waals surface area contributed by atoms with Gasteiger partial charge in [0, 0.05) is 11.1 Å². The van der Waals surface area contributed by atoms with Gasteiger partial charge in [0.15, 0.2) is 11.6 Å². The van der Waals surface area contributed by atoms with Crippen LogP contribution in [-0.4, -0.2) is 49.0 Å². The van der Waals surface area contributed by atoms with E-state index in [0.717, 1.165) is 22.3 Å². The second kappa shape index (κ2) is 12.4. The number of hydrogen-bond acceptors (Lipinski definition) is 8. The van der Waals surface area contributed by atoms with Gasteiger partial charge in [-0.25, -0.2) is 16.8 Å². The van der Waals surface area contributed by atoms with Gasteiger partial charge >= 0.3 is 59.1 Å². The first kappa shape index (κ1) is 37.9. The molecule has 46 heavy (non-hydrogen) atoms. The third kappa shape index (κ3) is 5.97. The van der Waals surface area contributed by atoms with Crippen molar-refractivity contribution in [2.45, 2.75) is 53.4 Å². The van der Waals surface area contributed by atoms with E-state index in [4.69, 9.17) is 0 Å². The molecule has 2 unspecified atom stereocenters. The fraction of sp³-hybridized carbons (Fsp3) is 0.471. The molecule has 4 fully saturated rings. The minimum atomic E-state index is -4.57. The van der Waals surface area contributed by atoms with Gasteiger partial charge in [-0.05, 0) is 82.8 Å². The summed E-state index contributed by atoms with van der Waals surface area (Å²) in [6.45, 7) is 7.56. The van der Waals surface area contributed by atoms with E-state index in [1.54, 1.807) is 0 Å². The molecule has 0 saturated heterocycles. The molecule has 8 nitrogen and oxygen atoms in total. The van der Waals surface area contributed by atoms with Crippen LogP contribution in [0.1, 0.15) is 64.5 Å². The topological polar surface area (TPSA) is 149 Å². The van der Waals surface area contributed by atoms with Crippen molar-refractivity contribution >= 4 is 44.0 Å². The van der Waals surface area contributed by atoms with Crippen LogP contribution < -0.4 is 59.1 Å². The molecule has 6 rings (SSSR count). The Kier molecular flexibility index (Phi) is 10.3. The molecule has 4 bridgehead atoms. The smallest absolute Gasteiger partial charge is 0.748 e. The van der Waals surface area contributed by atoms with Crippen molar-refractivity contribution in [3.05, 3.63) is 70.8 Å². The zero-order valence-corrected chi connectivity index (χ0v) is 32.9. The fourth-order valence-corrected chi connectivity index (χ4v) is 11.6. The van der Waals surface area contributed by atoms with Crippen LogP contribution in [0.2, 0.25) is 0 Å². The second-order valence-electron chi connectivity index (χ2n) is 14.3. The summed E-state index contributed by atoms with van der Waals surface area (Å²) in [5, 5.41) is 0. The monoisotopic (exact) mass is 682 g/mol. The van der Waals surface area contributed by atoms with Gasteiger partial charge in [0.05, 0.1) is 42.6 Å². The molecule has 4 aliphatic rings. The Morgan fingerprint density at radius 2 is 0.935 bits per heavy atom. The van der Waals surface area contributed by atoms with Gasteiger partial charge in [-0.3, -0.25) is 9.59 Å². The molecule has 4 atom stereocenters.